The van der Waals surface area contributed by atoms with Crippen molar-refractivity contribution in [3.63, 3.8) is 0 Å². The molecule has 1 amide bonds. The molecule has 0 aromatic heterocycles. The number of nitrogens with two attached hydrogens (primary N) is 1. The number of hydrogen-bond donors (Lipinski definition) is 1. The van der Waals surface area contributed by atoms with Crippen LogP contribution in [0, 0.1) is 13.8 Å². The van der Waals surface area contributed by atoms with E-state index in [-0.39, 0.29) is 11.2 Å². The first kappa shape index (κ1) is 13.1. The van der Waals surface area contributed by atoms with Crippen LogP contribution in [-0.4, -0.2) is 11.2 Å². The summed E-state index contributed by atoms with van der Waals surface area (Å²) >= 11 is 1.63. The second-order valence-corrected chi connectivity index (χ2v) is 5.30. The zero-order chi connectivity index (χ0) is 12.1. The summed E-state index contributed by atoms with van der Waals surface area (Å²) < 4.78 is 0. The molecule has 0 heterocycles. The molecule has 3 heteroatoms. The molecule has 0 radical (unpaired) electrons. The van der Waals surface area contributed by atoms with Gasteiger partial charge in [-0.25, -0.2) is 0 Å². The first-order chi connectivity index (χ1) is 7.52. The van der Waals surface area contributed by atoms with Gasteiger partial charge < -0.3 is 5.73 Å². The fourth-order valence-electron chi connectivity index (χ4n) is 1.75. The van der Waals surface area contributed by atoms with E-state index in [1.165, 1.54) is 16.7 Å². The van der Waals surface area contributed by atoms with E-state index in [4.69, 9.17) is 5.73 Å². The molecule has 2 nitrogen and oxygen atoms in total. The van der Waals surface area contributed by atoms with Gasteiger partial charge >= 0.3 is 0 Å². The van der Waals surface area contributed by atoms with E-state index < -0.39 is 0 Å². The number of primary amides is 1. The molecule has 0 aliphatic carbocycles. The zero-order valence-electron chi connectivity index (χ0n) is 10.1. The lowest BCUT2D eigenvalue weighted by atomic mass is 10.1. The summed E-state index contributed by atoms with van der Waals surface area (Å²) in [4.78, 5) is 11.1. The quantitative estimate of drug-likeness (QED) is 0.855. The van der Waals surface area contributed by atoms with Crippen LogP contribution in [0.3, 0.4) is 0 Å². The molecule has 88 valence electrons. The zero-order valence-corrected chi connectivity index (χ0v) is 10.9. The molecular formula is C13H19NOS. The molecule has 0 spiro atoms. The van der Waals surface area contributed by atoms with Crippen LogP contribution in [0.2, 0.25) is 0 Å². The average molecular weight is 237 g/mol. The highest BCUT2D eigenvalue weighted by Gasteiger charge is 2.13. The second-order valence-electron chi connectivity index (χ2n) is 4.11. The summed E-state index contributed by atoms with van der Waals surface area (Å²) in [7, 11) is 0. The fraction of sp³-hybridized carbons (Fsp3) is 0.462. The molecule has 0 aliphatic heterocycles. The largest absolute Gasteiger partial charge is 0.369 e. The highest BCUT2D eigenvalue weighted by Crippen LogP contribution is 2.21. The van der Waals surface area contributed by atoms with E-state index in [0.717, 1.165) is 12.2 Å². The number of carbonyl (C=O) groups is 1. The second kappa shape index (κ2) is 5.94. The van der Waals surface area contributed by atoms with Crippen molar-refractivity contribution in [2.45, 2.75) is 38.2 Å². The minimum Gasteiger partial charge on any atom is -0.369 e. The average Bonchev–Trinajstić information content (AvgIpc) is 2.16. The van der Waals surface area contributed by atoms with Gasteiger partial charge in [0.2, 0.25) is 5.91 Å². The molecule has 1 rings (SSSR count). The Morgan fingerprint density at radius 3 is 2.31 bits per heavy atom. The summed E-state index contributed by atoms with van der Waals surface area (Å²) in [6.45, 7) is 6.17. The topological polar surface area (TPSA) is 43.1 Å². The van der Waals surface area contributed by atoms with Crippen LogP contribution in [0.1, 0.15) is 30.0 Å². The van der Waals surface area contributed by atoms with E-state index in [0.29, 0.717) is 0 Å². The molecule has 1 atom stereocenters. The Hall–Kier alpha value is -0.960. The van der Waals surface area contributed by atoms with Gasteiger partial charge in [-0.15, -0.1) is 11.8 Å². The number of thioether (sulfide) groups is 1. The maximum atomic E-state index is 11.1. The molecule has 1 unspecified atom stereocenters. The lowest BCUT2D eigenvalue weighted by Gasteiger charge is -2.11. The van der Waals surface area contributed by atoms with Gasteiger partial charge in [-0.3, -0.25) is 4.79 Å². The van der Waals surface area contributed by atoms with Crippen LogP contribution in [0.4, 0.5) is 0 Å². The number of carbonyl (C=O) groups excluding carboxylic acids is 1. The number of amides is 1. The van der Waals surface area contributed by atoms with E-state index in [9.17, 15) is 4.79 Å². The summed E-state index contributed by atoms with van der Waals surface area (Å²) in [5.41, 5.74) is 9.11. The van der Waals surface area contributed by atoms with Gasteiger partial charge in [-0.2, -0.15) is 0 Å². The van der Waals surface area contributed by atoms with Gasteiger partial charge in [-0.1, -0.05) is 36.2 Å². The van der Waals surface area contributed by atoms with Crippen molar-refractivity contribution in [2.24, 2.45) is 5.73 Å². The monoisotopic (exact) mass is 237 g/mol. The van der Waals surface area contributed by atoms with Gasteiger partial charge in [0.1, 0.15) is 0 Å². The molecule has 0 saturated heterocycles. The maximum absolute atomic E-state index is 11.1. The molecule has 0 fully saturated rings. The number of rotatable bonds is 5. The van der Waals surface area contributed by atoms with Crippen LogP contribution in [0.15, 0.2) is 18.2 Å². The molecule has 0 aliphatic rings. The van der Waals surface area contributed by atoms with Crippen LogP contribution in [-0.2, 0) is 10.5 Å². The van der Waals surface area contributed by atoms with Crippen molar-refractivity contribution in [3.8, 4) is 0 Å². The normalized spacial score (nSPS) is 12.4. The molecule has 1 aromatic carbocycles. The van der Waals surface area contributed by atoms with E-state index in [1.807, 2.05) is 6.92 Å². The summed E-state index contributed by atoms with van der Waals surface area (Å²) in [5.74, 6) is 0.640. The first-order valence-corrected chi connectivity index (χ1v) is 6.56. The predicted molar refractivity (Wildman–Crippen MR) is 70.5 cm³/mol. The molecule has 2 N–H and O–H groups in total. The van der Waals surface area contributed by atoms with Crippen LogP contribution >= 0.6 is 11.8 Å². The highest BCUT2D eigenvalue weighted by atomic mass is 32.2. The molecule has 0 saturated carbocycles. The van der Waals surface area contributed by atoms with Gasteiger partial charge in [-0.05, 0) is 25.8 Å². The van der Waals surface area contributed by atoms with Crippen molar-refractivity contribution in [3.05, 3.63) is 34.9 Å². The summed E-state index contributed by atoms with van der Waals surface area (Å²) in [6, 6.07) is 6.47. The third-order valence-corrected chi connectivity index (χ3v) is 3.89. The lowest BCUT2D eigenvalue weighted by Crippen LogP contribution is -2.25. The predicted octanol–water partition coefficient (Wildman–Crippen LogP) is 2.80. The van der Waals surface area contributed by atoms with Gasteiger partial charge in [0.05, 0.1) is 5.25 Å². The van der Waals surface area contributed by atoms with Crippen LogP contribution in [0.25, 0.3) is 0 Å². The van der Waals surface area contributed by atoms with E-state index >= 15 is 0 Å². The Balaban J connectivity index is 2.63. The third-order valence-electron chi connectivity index (χ3n) is 2.42. The number of benzene rings is 1. The Bertz CT molecular complexity index is 356. The third kappa shape index (κ3) is 3.89. The molecular weight excluding hydrogens is 218 g/mol. The Labute approximate surface area is 102 Å². The van der Waals surface area contributed by atoms with Gasteiger partial charge in [0.25, 0.3) is 0 Å². The van der Waals surface area contributed by atoms with E-state index in [2.05, 4.69) is 32.0 Å². The number of aryl methyl sites for hydroxylation is 2. The summed E-state index contributed by atoms with van der Waals surface area (Å²) in [6.07, 6.45) is 0.796. The van der Waals surface area contributed by atoms with Crippen LogP contribution in [0.5, 0.6) is 0 Å². The van der Waals surface area contributed by atoms with Crippen molar-refractivity contribution in [2.75, 3.05) is 0 Å². The molecule has 1 aromatic rings. The van der Waals surface area contributed by atoms with Crippen molar-refractivity contribution < 1.29 is 4.79 Å². The molecule has 0 bridgehead atoms. The van der Waals surface area contributed by atoms with Crippen molar-refractivity contribution in [1.82, 2.24) is 0 Å². The minimum absolute atomic E-state index is 0.0687. The van der Waals surface area contributed by atoms with Crippen molar-refractivity contribution >= 4 is 17.7 Å². The van der Waals surface area contributed by atoms with E-state index in [1.54, 1.807) is 11.8 Å². The van der Waals surface area contributed by atoms with Crippen molar-refractivity contribution in [1.29, 1.82) is 0 Å². The van der Waals surface area contributed by atoms with Gasteiger partial charge in [0.15, 0.2) is 0 Å². The Kier molecular flexibility index (Phi) is 4.87. The first-order valence-electron chi connectivity index (χ1n) is 5.51. The molecule has 16 heavy (non-hydrogen) atoms. The number of hydrogen-bond acceptors (Lipinski definition) is 2. The standard InChI is InChI=1S/C13H19NOS/c1-4-12(13(14)15)16-8-11-6-9(2)5-10(3)7-11/h5-7,12H,4,8H2,1-3H3,(H2,14,15). The summed E-state index contributed by atoms with van der Waals surface area (Å²) in [5, 5.41) is -0.0687. The minimum atomic E-state index is -0.211. The SMILES string of the molecule is CCC(SCc1cc(C)cc(C)c1)C(N)=O. The Morgan fingerprint density at radius 1 is 1.31 bits per heavy atom. The van der Waals surface area contributed by atoms with Crippen LogP contribution < -0.4 is 5.73 Å². The van der Waals surface area contributed by atoms with Gasteiger partial charge in [0, 0.05) is 5.75 Å². The maximum Gasteiger partial charge on any atom is 0.230 e. The lowest BCUT2D eigenvalue weighted by molar-refractivity contribution is -0.117. The highest BCUT2D eigenvalue weighted by molar-refractivity contribution is 7.99. The Morgan fingerprint density at radius 2 is 1.88 bits per heavy atom. The smallest absolute Gasteiger partial charge is 0.230 e. The fourth-order valence-corrected chi connectivity index (χ4v) is 2.71.